The van der Waals surface area contributed by atoms with Crippen LogP contribution in [0.5, 0.6) is 0 Å². The second-order valence-corrected chi connectivity index (χ2v) is 9.42. The summed E-state index contributed by atoms with van der Waals surface area (Å²) < 4.78 is 9.35. The number of aromatic nitrogens is 1. The predicted molar refractivity (Wildman–Crippen MR) is 139 cm³/mol. The van der Waals surface area contributed by atoms with Gasteiger partial charge >= 0.3 is 47.7 Å². The minimum Gasteiger partial charge on any atom is -0.543 e. The van der Waals surface area contributed by atoms with Gasteiger partial charge in [0.15, 0.2) is 5.71 Å². The number of carbonyl (C=O) groups is 6. The molecular weight excluding hydrogens is 637 g/mol. The van der Waals surface area contributed by atoms with Crippen LogP contribution in [-0.2, 0) is 33.5 Å². The Morgan fingerprint density at radius 1 is 1.26 bits per heavy atom. The molecule has 2 aliphatic heterocycles. The van der Waals surface area contributed by atoms with Crippen LogP contribution < -0.4 is 56.6 Å². The van der Waals surface area contributed by atoms with E-state index < -0.39 is 78.4 Å². The van der Waals surface area contributed by atoms with Gasteiger partial charge in [-0.15, -0.1) is 23.1 Å². The fourth-order valence-electron chi connectivity index (χ4n) is 3.30. The van der Waals surface area contributed by atoms with E-state index >= 15 is 0 Å². The Bertz CT molecular complexity index is 1280. The zero-order chi connectivity index (χ0) is 28.9. The first-order chi connectivity index (χ1) is 18.5. The quantitative estimate of drug-likeness (QED) is 0.0427. The number of oxime groups is 1. The van der Waals surface area contributed by atoms with Crippen molar-refractivity contribution in [1.82, 2.24) is 15.2 Å². The summed E-state index contributed by atoms with van der Waals surface area (Å²) in [5.41, 5.74) is 4.04. The molecule has 3 heterocycles. The van der Waals surface area contributed by atoms with E-state index in [2.05, 4.69) is 20.2 Å². The Morgan fingerprint density at radius 3 is 2.47 bits per heavy atom. The molecule has 12 N–H and O–H groups in total. The van der Waals surface area contributed by atoms with Gasteiger partial charge in [0.05, 0.1) is 18.1 Å². The summed E-state index contributed by atoms with van der Waals surface area (Å²) in [5, 5.41) is 27.2. The molecule has 0 radical (unpaired) electrons. The number of nitrogens with zero attached hydrogens (tertiary/aromatic N) is 4. The molecule has 24 heteroatoms. The van der Waals surface area contributed by atoms with Crippen molar-refractivity contribution in [2.75, 3.05) is 31.1 Å². The van der Waals surface area contributed by atoms with E-state index in [-0.39, 0.29) is 68.1 Å². The van der Waals surface area contributed by atoms with Gasteiger partial charge in [0.1, 0.15) is 37.4 Å². The third-order valence-electron chi connectivity index (χ3n) is 4.99. The van der Waals surface area contributed by atoms with Crippen molar-refractivity contribution in [3.63, 3.8) is 0 Å². The third-order valence-corrected chi connectivity index (χ3v) is 7.17. The van der Waals surface area contributed by atoms with E-state index in [0.29, 0.717) is 5.01 Å². The van der Waals surface area contributed by atoms with Crippen LogP contribution in [0.1, 0.15) is 12.1 Å². The van der Waals surface area contributed by atoms with Gasteiger partial charge in [-0.05, 0) is 0 Å². The van der Waals surface area contributed by atoms with Gasteiger partial charge < -0.3 is 56.8 Å². The van der Waals surface area contributed by atoms with E-state index in [1.54, 1.807) is 0 Å². The molecule has 1 aromatic heterocycles. The number of thiazole rings is 1. The zero-order valence-electron chi connectivity index (χ0n) is 22.4. The van der Waals surface area contributed by atoms with Gasteiger partial charge in [0.25, 0.3) is 11.8 Å². The number of ether oxygens (including phenoxy) is 2. The number of rotatable bonds is 11. The Morgan fingerprint density at radius 2 is 1.91 bits per heavy atom. The number of anilines is 1. The standard InChI is InChI=1S/C19H21N7O11S2.Na.3H2O/c1-35-24-10(8-6-39-18(22-8)26(21)19(34)36-3-2-9(27)28)13(29)23-11-14(30)25-12(16(31)32)7(4-37-17(20)33)5-38-15(11)25;;;;/h6,11,15H,2-5,21H2,1H3,(H2,20,33)(H,23,29)(H,27,28)(H,31,32);;3*1H2/q;+1;;;/p-1/b24-10+;;;;/t11-,15-;;;;/m1..../s1. The molecule has 2 aliphatic rings. The SMILES string of the molecule is CO/N=C(/C(=O)N[C@@H]1C(=O)N2C(C(=O)[O-])=C(COC(N)=O)CS[C@H]12)c1csc(N(N)C(=O)OCCC(=O)O)n1.O.O.O.[Na+]. The maximum Gasteiger partial charge on any atom is 1.00 e. The van der Waals surface area contributed by atoms with Crippen molar-refractivity contribution in [3.05, 3.63) is 22.3 Å². The van der Waals surface area contributed by atoms with Crippen molar-refractivity contribution >= 4 is 69.9 Å². The number of fused-ring (bicyclic) bond motifs is 1. The Kier molecular flexibility index (Phi) is 17.6. The van der Waals surface area contributed by atoms with Gasteiger partial charge in [-0.25, -0.2) is 20.4 Å². The molecule has 3 rings (SSSR count). The van der Waals surface area contributed by atoms with E-state index in [1.807, 2.05) is 0 Å². The maximum atomic E-state index is 13.0. The molecule has 0 spiro atoms. The van der Waals surface area contributed by atoms with Crippen molar-refractivity contribution in [3.8, 4) is 0 Å². The summed E-state index contributed by atoms with van der Waals surface area (Å²) in [6.07, 6.45) is -2.67. The van der Waals surface area contributed by atoms with Crippen LogP contribution in [0, 0.1) is 0 Å². The topological polar surface area (TPSA) is 364 Å². The fourth-order valence-corrected chi connectivity index (χ4v) is 5.35. The minimum atomic E-state index is -1.68. The average molecular weight is 664 g/mol. The summed E-state index contributed by atoms with van der Waals surface area (Å²) in [4.78, 5) is 80.5. The van der Waals surface area contributed by atoms with Crippen LogP contribution in [0.15, 0.2) is 21.8 Å². The molecule has 1 fully saturated rings. The summed E-state index contributed by atoms with van der Waals surface area (Å²) in [7, 11) is 1.15. The Hall–Kier alpha value is -3.55. The molecule has 21 nitrogen and oxygen atoms in total. The fraction of sp³-hybridized carbons (Fsp3) is 0.368. The molecule has 0 unspecified atom stereocenters. The first-order valence-corrected chi connectivity index (χ1v) is 12.5. The Balaban J connectivity index is 0. The number of hydrogen-bond acceptors (Lipinski definition) is 15. The van der Waals surface area contributed by atoms with Crippen LogP contribution in [0.3, 0.4) is 0 Å². The molecular formula is C19H26N7NaO14S2. The number of amides is 4. The second kappa shape index (κ2) is 18.2. The van der Waals surface area contributed by atoms with Gasteiger partial charge in [0.2, 0.25) is 5.13 Å². The molecule has 234 valence electrons. The first kappa shape index (κ1) is 41.6. The number of carboxylic acid groups (broad SMARTS) is 2. The average Bonchev–Trinajstić information content (AvgIpc) is 3.37. The number of nitrogens with one attached hydrogen (secondary N) is 1. The van der Waals surface area contributed by atoms with Crippen LogP contribution in [0.4, 0.5) is 14.7 Å². The summed E-state index contributed by atoms with van der Waals surface area (Å²) in [5.74, 6) is 1.15. The molecule has 0 aliphatic carbocycles. The summed E-state index contributed by atoms with van der Waals surface area (Å²) in [6, 6.07) is -1.16. The van der Waals surface area contributed by atoms with Crippen LogP contribution in [0.25, 0.3) is 0 Å². The Labute approximate surface area is 271 Å². The number of primary amides is 1. The number of aliphatic carboxylic acids is 2. The van der Waals surface area contributed by atoms with E-state index in [0.717, 1.165) is 35.1 Å². The third kappa shape index (κ3) is 9.73. The normalized spacial score (nSPS) is 16.7. The minimum absolute atomic E-state index is 0. The first-order valence-electron chi connectivity index (χ1n) is 10.6. The van der Waals surface area contributed by atoms with Crippen molar-refractivity contribution in [2.45, 2.75) is 17.8 Å². The van der Waals surface area contributed by atoms with Gasteiger partial charge in [0, 0.05) is 16.7 Å². The summed E-state index contributed by atoms with van der Waals surface area (Å²) >= 11 is 1.92. The molecule has 0 saturated carbocycles. The molecule has 4 amide bonds. The van der Waals surface area contributed by atoms with E-state index in [9.17, 15) is 33.9 Å². The summed E-state index contributed by atoms with van der Waals surface area (Å²) in [6.45, 7) is -0.889. The van der Waals surface area contributed by atoms with Crippen molar-refractivity contribution in [2.24, 2.45) is 16.7 Å². The van der Waals surface area contributed by atoms with Crippen molar-refractivity contribution < 1.29 is 99.3 Å². The molecule has 1 saturated heterocycles. The van der Waals surface area contributed by atoms with Gasteiger partial charge in [-0.2, -0.15) is 5.01 Å². The predicted octanol–water partition coefficient (Wildman–Crippen LogP) is -8.19. The number of thioether (sulfide) groups is 1. The molecule has 43 heavy (non-hydrogen) atoms. The number of hydrogen-bond donors (Lipinski definition) is 4. The van der Waals surface area contributed by atoms with E-state index in [4.69, 9.17) is 26.3 Å². The molecule has 0 bridgehead atoms. The number of carbonyl (C=O) groups excluding carboxylic acids is 5. The largest absolute Gasteiger partial charge is 1.00 e. The maximum absolute atomic E-state index is 13.0. The number of hydrazine groups is 1. The van der Waals surface area contributed by atoms with Gasteiger partial charge in [-0.3, -0.25) is 19.3 Å². The van der Waals surface area contributed by atoms with Crippen LogP contribution in [-0.4, -0.2) is 111 Å². The van der Waals surface area contributed by atoms with Crippen LogP contribution in [0.2, 0.25) is 0 Å². The van der Waals surface area contributed by atoms with Gasteiger partial charge in [-0.1, -0.05) is 5.16 Å². The molecule has 2 atom stereocenters. The number of carboxylic acids is 2. The molecule has 1 aromatic rings. The smallest absolute Gasteiger partial charge is 0.543 e. The molecule has 0 aromatic carbocycles. The number of nitrogens with two attached hydrogens (primary N) is 2. The van der Waals surface area contributed by atoms with E-state index in [1.165, 1.54) is 5.38 Å². The number of β-lactam (4-membered cyclic amide) rings is 1. The second-order valence-electron chi connectivity index (χ2n) is 7.47. The monoisotopic (exact) mass is 663 g/mol. The van der Waals surface area contributed by atoms with Crippen LogP contribution >= 0.6 is 23.1 Å². The van der Waals surface area contributed by atoms with Crippen molar-refractivity contribution in [1.29, 1.82) is 0 Å². The zero-order valence-corrected chi connectivity index (χ0v) is 26.0.